The van der Waals surface area contributed by atoms with E-state index in [9.17, 15) is 9.59 Å². The van der Waals surface area contributed by atoms with Gasteiger partial charge in [0.2, 0.25) is 0 Å². The number of nitrogens with two attached hydrogens (primary N) is 1. The molecule has 0 aliphatic rings. The number of hydrogen-bond acceptors (Lipinski definition) is 6. The molecule has 0 aliphatic heterocycles. The van der Waals surface area contributed by atoms with Gasteiger partial charge in [0, 0.05) is 0 Å². The average molecular weight is 368 g/mol. The van der Waals surface area contributed by atoms with Gasteiger partial charge in [-0.05, 0) is 17.5 Å². The average Bonchev–Trinajstić information content (AvgIpc) is 2.91. The van der Waals surface area contributed by atoms with Crippen LogP contribution < -0.4 is 15.8 Å². The first-order chi connectivity index (χ1) is 11.2. The quantitative estimate of drug-likeness (QED) is 0.638. The van der Waals surface area contributed by atoms with Crippen LogP contribution in [0.25, 0.3) is 0 Å². The van der Waals surface area contributed by atoms with Crippen molar-refractivity contribution in [1.82, 2.24) is 4.98 Å². The maximum Gasteiger partial charge on any atom is 0.328 e. The van der Waals surface area contributed by atoms with Crippen LogP contribution in [0.2, 0.25) is 4.34 Å². The number of carbonyl (C=O) groups is 2. The second-order valence-corrected chi connectivity index (χ2v) is 7.85. The lowest BCUT2D eigenvalue weighted by atomic mass is 9.87. The molecule has 1 amide bonds. The molecule has 0 aliphatic carbocycles. The van der Waals surface area contributed by atoms with Crippen LogP contribution in [0, 0.1) is 5.41 Å². The summed E-state index contributed by atoms with van der Waals surface area (Å²) in [4.78, 5) is 28.5. The fourth-order valence-corrected chi connectivity index (χ4v) is 2.55. The molecule has 1 heterocycles. The first-order valence-corrected chi connectivity index (χ1v) is 8.37. The summed E-state index contributed by atoms with van der Waals surface area (Å²) in [6.45, 7) is 5.51. The summed E-state index contributed by atoms with van der Waals surface area (Å²) in [6.07, 6.45) is 1.44. The van der Waals surface area contributed by atoms with Gasteiger partial charge >= 0.3 is 5.97 Å². The van der Waals surface area contributed by atoms with Gasteiger partial charge in [-0.15, -0.1) is 0 Å². The molecule has 0 spiro atoms. The molecule has 8 heteroatoms. The molecule has 0 fully saturated rings. The molecule has 0 saturated carbocycles. The predicted octanol–water partition coefficient (Wildman–Crippen LogP) is 3.33. The van der Waals surface area contributed by atoms with Crippen molar-refractivity contribution >= 4 is 39.9 Å². The highest BCUT2D eigenvalue weighted by molar-refractivity contribution is 7.19. The standard InChI is InChI=1S/C16H18ClN3O3S/c1-16(2,3)12(18)14(22)23-10-7-5-4-6-9(10)13(21)20-15-19-8-11(17)24-15/h4-8,12H,18H2,1-3H3,(H,19,20,21)/t12-/m1/s1. The molecule has 0 radical (unpaired) electrons. The number of halogens is 1. The van der Waals surface area contributed by atoms with Gasteiger partial charge in [0.1, 0.15) is 16.1 Å². The van der Waals surface area contributed by atoms with Gasteiger partial charge in [-0.3, -0.25) is 10.1 Å². The fraction of sp³-hybridized carbons (Fsp3) is 0.312. The lowest BCUT2D eigenvalue weighted by Crippen LogP contribution is -2.44. The Morgan fingerprint density at radius 3 is 2.58 bits per heavy atom. The topological polar surface area (TPSA) is 94.3 Å². The fourth-order valence-electron chi connectivity index (χ4n) is 1.75. The molecule has 1 atom stereocenters. The van der Waals surface area contributed by atoms with E-state index in [1.807, 2.05) is 20.8 Å². The van der Waals surface area contributed by atoms with Gasteiger partial charge in [0.25, 0.3) is 5.91 Å². The van der Waals surface area contributed by atoms with Gasteiger partial charge in [-0.25, -0.2) is 9.78 Å². The first kappa shape index (κ1) is 18.4. The maximum atomic E-state index is 12.4. The van der Waals surface area contributed by atoms with Gasteiger partial charge in [0.05, 0.1) is 11.8 Å². The van der Waals surface area contributed by atoms with Crippen LogP contribution in [0.1, 0.15) is 31.1 Å². The summed E-state index contributed by atoms with van der Waals surface area (Å²) in [7, 11) is 0. The number of amides is 1. The molecule has 2 aromatic rings. The van der Waals surface area contributed by atoms with Gasteiger partial charge in [-0.2, -0.15) is 0 Å². The van der Waals surface area contributed by atoms with Crippen LogP contribution >= 0.6 is 22.9 Å². The van der Waals surface area contributed by atoms with Gasteiger partial charge in [-0.1, -0.05) is 55.8 Å². The lowest BCUT2D eigenvalue weighted by molar-refractivity contribution is -0.138. The minimum Gasteiger partial charge on any atom is -0.425 e. The van der Waals surface area contributed by atoms with Crippen LogP contribution in [0.4, 0.5) is 5.13 Å². The number of hydrogen-bond donors (Lipinski definition) is 2. The SMILES string of the molecule is CC(C)(C)[C@H](N)C(=O)Oc1ccccc1C(=O)Nc1ncc(Cl)s1. The van der Waals surface area contributed by atoms with E-state index in [1.165, 1.54) is 12.3 Å². The number of para-hydroxylation sites is 1. The highest BCUT2D eigenvalue weighted by Crippen LogP contribution is 2.26. The predicted molar refractivity (Wildman–Crippen MR) is 94.6 cm³/mol. The van der Waals surface area contributed by atoms with Crippen molar-refractivity contribution in [1.29, 1.82) is 0 Å². The summed E-state index contributed by atoms with van der Waals surface area (Å²) in [6, 6.07) is 5.62. The van der Waals surface area contributed by atoms with Crippen molar-refractivity contribution in [2.24, 2.45) is 11.1 Å². The van der Waals surface area contributed by atoms with E-state index < -0.39 is 23.3 Å². The minimum absolute atomic E-state index is 0.141. The highest BCUT2D eigenvalue weighted by Gasteiger charge is 2.30. The Morgan fingerprint density at radius 1 is 1.33 bits per heavy atom. The second kappa shape index (κ2) is 7.29. The third-order valence-electron chi connectivity index (χ3n) is 3.23. The number of ether oxygens (including phenoxy) is 1. The van der Waals surface area contributed by atoms with E-state index in [-0.39, 0.29) is 11.3 Å². The Bertz CT molecular complexity index is 755. The third kappa shape index (κ3) is 4.53. The number of esters is 1. The minimum atomic E-state index is -0.814. The molecule has 0 unspecified atom stereocenters. The van der Waals surface area contributed by atoms with Crippen molar-refractivity contribution in [3.05, 3.63) is 40.4 Å². The highest BCUT2D eigenvalue weighted by atomic mass is 35.5. The van der Waals surface area contributed by atoms with Gasteiger partial charge < -0.3 is 10.5 Å². The third-order valence-corrected chi connectivity index (χ3v) is 4.26. The van der Waals surface area contributed by atoms with E-state index >= 15 is 0 Å². The maximum absolute atomic E-state index is 12.4. The number of aromatic nitrogens is 1. The molecule has 24 heavy (non-hydrogen) atoms. The number of thiazole rings is 1. The van der Waals surface area contributed by atoms with Crippen LogP contribution in [0.3, 0.4) is 0 Å². The first-order valence-electron chi connectivity index (χ1n) is 7.17. The van der Waals surface area contributed by atoms with E-state index in [2.05, 4.69) is 10.3 Å². The van der Waals surface area contributed by atoms with Crippen LogP contribution in [0.15, 0.2) is 30.5 Å². The van der Waals surface area contributed by atoms with Crippen molar-refractivity contribution in [3.63, 3.8) is 0 Å². The van der Waals surface area contributed by atoms with Gasteiger partial charge in [0.15, 0.2) is 5.13 Å². The van der Waals surface area contributed by atoms with Crippen molar-refractivity contribution in [3.8, 4) is 5.75 Å². The van der Waals surface area contributed by atoms with Crippen molar-refractivity contribution in [2.75, 3.05) is 5.32 Å². The van der Waals surface area contributed by atoms with E-state index in [0.29, 0.717) is 9.47 Å². The number of nitrogens with one attached hydrogen (secondary N) is 1. The summed E-state index contributed by atoms with van der Waals surface area (Å²) in [5, 5.41) is 2.97. The van der Waals surface area contributed by atoms with E-state index in [4.69, 9.17) is 22.1 Å². The summed E-state index contributed by atoms with van der Waals surface area (Å²) < 4.78 is 5.79. The van der Waals surface area contributed by atoms with Crippen molar-refractivity contribution < 1.29 is 14.3 Å². The van der Waals surface area contributed by atoms with Crippen molar-refractivity contribution in [2.45, 2.75) is 26.8 Å². The normalized spacial score (nSPS) is 12.5. The van der Waals surface area contributed by atoms with Crippen LogP contribution in [-0.4, -0.2) is 22.9 Å². The second-order valence-electron chi connectivity index (χ2n) is 6.18. The number of carbonyl (C=O) groups excluding carboxylic acids is 2. The zero-order chi connectivity index (χ0) is 17.9. The van der Waals surface area contributed by atoms with Crippen LogP contribution in [0.5, 0.6) is 5.75 Å². The summed E-state index contributed by atoms with van der Waals surface area (Å²) >= 11 is 6.92. The summed E-state index contributed by atoms with van der Waals surface area (Å²) in [5.74, 6) is -0.906. The molecule has 2 rings (SSSR count). The molecule has 6 nitrogen and oxygen atoms in total. The number of anilines is 1. The zero-order valence-electron chi connectivity index (χ0n) is 13.5. The Morgan fingerprint density at radius 2 is 2.00 bits per heavy atom. The Hall–Kier alpha value is -1.96. The zero-order valence-corrected chi connectivity index (χ0v) is 15.1. The molecular weight excluding hydrogens is 350 g/mol. The Kier molecular flexibility index (Phi) is 5.58. The molecule has 3 N–H and O–H groups in total. The molecular formula is C16H18ClN3O3S. The Labute approximate surface area is 149 Å². The smallest absolute Gasteiger partial charge is 0.328 e. The lowest BCUT2D eigenvalue weighted by Gasteiger charge is -2.25. The number of benzene rings is 1. The number of nitrogens with zero attached hydrogens (tertiary/aromatic N) is 1. The molecule has 1 aromatic carbocycles. The molecule has 0 bridgehead atoms. The molecule has 0 saturated heterocycles. The number of rotatable bonds is 4. The van der Waals surface area contributed by atoms with E-state index in [0.717, 1.165) is 11.3 Å². The van der Waals surface area contributed by atoms with Crippen LogP contribution in [-0.2, 0) is 4.79 Å². The molecule has 128 valence electrons. The monoisotopic (exact) mass is 367 g/mol. The Balaban J connectivity index is 2.18. The summed E-state index contributed by atoms with van der Waals surface area (Å²) in [5.41, 5.74) is 5.65. The molecule has 1 aromatic heterocycles. The van der Waals surface area contributed by atoms with E-state index in [1.54, 1.807) is 18.2 Å². The largest absolute Gasteiger partial charge is 0.425 e.